The lowest BCUT2D eigenvalue weighted by Gasteiger charge is -2.27. The van der Waals surface area contributed by atoms with E-state index in [4.69, 9.17) is 21.1 Å². The van der Waals surface area contributed by atoms with Crippen molar-refractivity contribution in [2.75, 3.05) is 31.6 Å². The molecule has 1 heterocycles. The van der Waals surface area contributed by atoms with E-state index in [1.807, 2.05) is 0 Å². The van der Waals surface area contributed by atoms with Crippen molar-refractivity contribution in [3.8, 4) is 5.75 Å². The van der Waals surface area contributed by atoms with Crippen molar-refractivity contribution in [1.82, 2.24) is 4.90 Å². The van der Waals surface area contributed by atoms with E-state index in [-0.39, 0.29) is 11.8 Å². The molecule has 0 bridgehead atoms. The van der Waals surface area contributed by atoms with E-state index < -0.39 is 6.10 Å². The molecule has 1 atom stereocenters. The Bertz CT molecular complexity index is 871. The summed E-state index contributed by atoms with van der Waals surface area (Å²) in [6, 6.07) is 12.0. The van der Waals surface area contributed by atoms with Crippen LogP contribution in [0.3, 0.4) is 0 Å². The number of halogens is 2. The first kappa shape index (κ1) is 20.6. The number of ether oxygens (including phenoxy) is 2. The molecule has 148 valence electrons. The van der Waals surface area contributed by atoms with Crippen LogP contribution < -0.4 is 10.1 Å². The van der Waals surface area contributed by atoms with Gasteiger partial charge in [0.05, 0.1) is 28.9 Å². The minimum Gasteiger partial charge on any atom is -0.480 e. The van der Waals surface area contributed by atoms with Crippen molar-refractivity contribution in [1.29, 1.82) is 0 Å². The number of rotatable bonds is 5. The Morgan fingerprint density at radius 1 is 1.21 bits per heavy atom. The number of hydrogen-bond donors (Lipinski definition) is 1. The largest absolute Gasteiger partial charge is 0.480 e. The van der Waals surface area contributed by atoms with Crippen molar-refractivity contribution in [3.63, 3.8) is 0 Å². The van der Waals surface area contributed by atoms with E-state index in [1.54, 1.807) is 54.3 Å². The normalized spacial score (nSPS) is 15.0. The van der Waals surface area contributed by atoms with Gasteiger partial charge < -0.3 is 19.7 Å². The van der Waals surface area contributed by atoms with Crippen LogP contribution in [0.4, 0.5) is 5.69 Å². The first-order valence-electron chi connectivity index (χ1n) is 8.84. The molecule has 0 spiro atoms. The van der Waals surface area contributed by atoms with Gasteiger partial charge in [-0.15, -0.1) is 0 Å². The molecule has 1 N–H and O–H groups in total. The minimum atomic E-state index is -0.774. The fraction of sp³-hybridized carbons (Fsp3) is 0.300. The average molecular weight is 468 g/mol. The predicted molar refractivity (Wildman–Crippen MR) is 111 cm³/mol. The highest BCUT2D eigenvalue weighted by molar-refractivity contribution is 9.10. The molecule has 1 aliphatic rings. The minimum absolute atomic E-state index is 0.131. The molecule has 8 heteroatoms. The highest BCUT2D eigenvalue weighted by Crippen LogP contribution is 2.29. The molecule has 0 unspecified atom stereocenters. The maximum atomic E-state index is 12.8. The van der Waals surface area contributed by atoms with Gasteiger partial charge in [-0.3, -0.25) is 9.59 Å². The van der Waals surface area contributed by atoms with Gasteiger partial charge in [-0.1, -0.05) is 23.7 Å². The Labute approximate surface area is 176 Å². The summed E-state index contributed by atoms with van der Waals surface area (Å²) in [6.45, 7) is 3.74. The first-order chi connectivity index (χ1) is 13.5. The molecule has 2 aromatic carbocycles. The highest BCUT2D eigenvalue weighted by Gasteiger charge is 2.23. The fourth-order valence-electron chi connectivity index (χ4n) is 2.76. The standard InChI is InChI=1S/C20H20BrClN2O4/c1-13(28-18-7-6-14(22)12-16(18)21)19(25)23-17-5-3-2-4-15(17)20(26)24-8-10-27-11-9-24/h2-7,12-13H,8-11H2,1H3,(H,23,25)/t13-/m1/s1. The monoisotopic (exact) mass is 466 g/mol. The summed E-state index contributed by atoms with van der Waals surface area (Å²) >= 11 is 9.29. The Hall–Kier alpha value is -2.09. The lowest BCUT2D eigenvalue weighted by Crippen LogP contribution is -2.41. The number of amides is 2. The zero-order chi connectivity index (χ0) is 20.1. The molecule has 0 radical (unpaired) electrons. The van der Waals surface area contributed by atoms with Crippen LogP contribution in [0.5, 0.6) is 5.75 Å². The van der Waals surface area contributed by atoms with Crippen LogP contribution in [0.2, 0.25) is 5.02 Å². The summed E-state index contributed by atoms with van der Waals surface area (Å²) < 4.78 is 11.7. The van der Waals surface area contributed by atoms with Crippen LogP contribution in [0.25, 0.3) is 0 Å². The molecule has 0 saturated carbocycles. The third-order valence-electron chi connectivity index (χ3n) is 4.28. The van der Waals surface area contributed by atoms with Gasteiger partial charge in [0.25, 0.3) is 11.8 Å². The van der Waals surface area contributed by atoms with E-state index in [0.717, 1.165) is 0 Å². The van der Waals surface area contributed by atoms with Crippen LogP contribution in [-0.4, -0.2) is 49.1 Å². The highest BCUT2D eigenvalue weighted by atomic mass is 79.9. The number of nitrogens with one attached hydrogen (secondary N) is 1. The number of anilines is 1. The van der Waals surface area contributed by atoms with Gasteiger partial charge in [-0.25, -0.2) is 0 Å². The molecule has 3 rings (SSSR count). The van der Waals surface area contributed by atoms with Gasteiger partial charge in [0.15, 0.2) is 6.10 Å². The Morgan fingerprint density at radius 3 is 2.64 bits per heavy atom. The second-order valence-corrected chi connectivity index (χ2v) is 7.57. The van der Waals surface area contributed by atoms with Crippen LogP contribution in [0.1, 0.15) is 17.3 Å². The van der Waals surface area contributed by atoms with E-state index in [9.17, 15) is 9.59 Å². The number of para-hydroxylation sites is 1. The summed E-state index contributed by atoms with van der Waals surface area (Å²) in [5.41, 5.74) is 0.896. The Morgan fingerprint density at radius 2 is 1.93 bits per heavy atom. The zero-order valence-electron chi connectivity index (χ0n) is 15.3. The Balaban J connectivity index is 1.70. The quantitative estimate of drug-likeness (QED) is 0.722. The van der Waals surface area contributed by atoms with E-state index >= 15 is 0 Å². The lowest BCUT2D eigenvalue weighted by atomic mass is 10.1. The van der Waals surface area contributed by atoms with E-state index in [2.05, 4.69) is 21.2 Å². The third kappa shape index (κ3) is 5.04. The number of hydrogen-bond acceptors (Lipinski definition) is 4. The van der Waals surface area contributed by atoms with Gasteiger partial charge in [-0.05, 0) is 53.2 Å². The van der Waals surface area contributed by atoms with Crippen molar-refractivity contribution in [2.24, 2.45) is 0 Å². The summed E-state index contributed by atoms with van der Waals surface area (Å²) in [5, 5.41) is 3.36. The summed E-state index contributed by atoms with van der Waals surface area (Å²) in [7, 11) is 0. The predicted octanol–water partition coefficient (Wildman–Crippen LogP) is 3.98. The molecular weight excluding hydrogens is 448 g/mol. The Kier molecular flexibility index (Phi) is 6.93. The van der Waals surface area contributed by atoms with Crippen molar-refractivity contribution in [3.05, 3.63) is 57.5 Å². The van der Waals surface area contributed by atoms with Gasteiger partial charge in [-0.2, -0.15) is 0 Å². The number of carbonyl (C=O) groups is 2. The maximum Gasteiger partial charge on any atom is 0.265 e. The summed E-state index contributed by atoms with van der Waals surface area (Å²) in [4.78, 5) is 27.2. The molecule has 0 aliphatic carbocycles. The molecule has 28 heavy (non-hydrogen) atoms. The van der Waals surface area contributed by atoms with Crippen molar-refractivity contribution < 1.29 is 19.1 Å². The van der Waals surface area contributed by atoms with Crippen LogP contribution in [-0.2, 0) is 9.53 Å². The first-order valence-corrected chi connectivity index (χ1v) is 10.0. The maximum absolute atomic E-state index is 12.8. The van der Waals surface area contributed by atoms with Crippen LogP contribution in [0, 0.1) is 0 Å². The molecule has 6 nitrogen and oxygen atoms in total. The lowest BCUT2D eigenvalue weighted by molar-refractivity contribution is -0.122. The summed E-state index contributed by atoms with van der Waals surface area (Å²) in [6.07, 6.45) is -0.774. The summed E-state index contributed by atoms with van der Waals surface area (Å²) in [5.74, 6) is 0.0158. The van der Waals surface area contributed by atoms with E-state index in [0.29, 0.717) is 52.8 Å². The van der Waals surface area contributed by atoms with Crippen molar-refractivity contribution in [2.45, 2.75) is 13.0 Å². The number of nitrogens with zero attached hydrogens (tertiary/aromatic N) is 1. The third-order valence-corrected chi connectivity index (χ3v) is 5.14. The molecule has 2 amide bonds. The average Bonchev–Trinajstić information content (AvgIpc) is 2.70. The molecule has 0 aromatic heterocycles. The van der Waals surface area contributed by atoms with Crippen LogP contribution in [0.15, 0.2) is 46.9 Å². The molecule has 1 fully saturated rings. The fourth-order valence-corrected chi connectivity index (χ4v) is 3.54. The number of benzene rings is 2. The SMILES string of the molecule is C[C@@H](Oc1ccc(Cl)cc1Br)C(=O)Nc1ccccc1C(=O)N1CCOCC1. The van der Waals surface area contributed by atoms with Gasteiger partial charge in [0.1, 0.15) is 5.75 Å². The molecule has 1 aliphatic heterocycles. The second-order valence-electron chi connectivity index (χ2n) is 6.27. The van der Waals surface area contributed by atoms with Gasteiger partial charge >= 0.3 is 0 Å². The smallest absolute Gasteiger partial charge is 0.265 e. The number of carbonyl (C=O) groups excluding carboxylic acids is 2. The zero-order valence-corrected chi connectivity index (χ0v) is 17.6. The molecular formula is C20H20BrClN2O4. The van der Waals surface area contributed by atoms with Crippen molar-refractivity contribution >= 4 is 45.0 Å². The topological polar surface area (TPSA) is 67.9 Å². The van der Waals surface area contributed by atoms with Gasteiger partial charge in [0, 0.05) is 18.1 Å². The molecule has 1 saturated heterocycles. The van der Waals surface area contributed by atoms with Crippen LogP contribution >= 0.6 is 27.5 Å². The second kappa shape index (κ2) is 9.41. The molecule has 2 aromatic rings. The number of morpholine rings is 1. The van der Waals surface area contributed by atoms with Gasteiger partial charge in [0.2, 0.25) is 0 Å². The van der Waals surface area contributed by atoms with E-state index in [1.165, 1.54) is 0 Å².